The van der Waals surface area contributed by atoms with Crippen LogP contribution in [0.1, 0.15) is 27.7 Å². The molecule has 14 heavy (non-hydrogen) atoms. The third-order valence-corrected chi connectivity index (χ3v) is 2.82. The van der Waals surface area contributed by atoms with Gasteiger partial charge in [-0.1, -0.05) is 27.7 Å². The number of rotatable bonds is 0. The van der Waals surface area contributed by atoms with Crippen molar-refractivity contribution in [3.8, 4) is 0 Å². The Morgan fingerprint density at radius 2 is 0.786 bits per heavy atom. The van der Waals surface area contributed by atoms with E-state index in [2.05, 4.69) is 0 Å². The summed E-state index contributed by atoms with van der Waals surface area (Å²) in [7, 11) is 2.00. The first kappa shape index (κ1) is 16.3. The van der Waals surface area contributed by atoms with Gasteiger partial charge >= 0.3 is 0 Å². The fraction of sp³-hybridized carbons (Fsp3) is 1.00. The molecule has 0 unspecified atom stereocenters. The first-order valence-electron chi connectivity index (χ1n) is 4.57. The lowest BCUT2D eigenvalue weighted by Gasteiger charge is -2.59. The van der Waals surface area contributed by atoms with Gasteiger partial charge in [-0.25, -0.2) is 0 Å². The van der Waals surface area contributed by atoms with Crippen molar-refractivity contribution in [2.45, 2.75) is 39.9 Å². The maximum absolute atomic E-state index is 9.51. The fourth-order valence-electron chi connectivity index (χ4n) is 2.12. The van der Waals surface area contributed by atoms with Crippen molar-refractivity contribution in [1.82, 2.24) is 0 Å². The van der Waals surface area contributed by atoms with Gasteiger partial charge in [0.25, 0.3) is 0 Å². The highest BCUT2D eigenvalue weighted by atomic mass is 16.3. The Balaban J connectivity index is 0. The summed E-state index contributed by atoms with van der Waals surface area (Å²) < 4.78 is 0. The molecule has 0 aromatic heterocycles. The molecule has 88 valence electrons. The largest absolute Gasteiger partial charge is 0.400 e. The SMILES string of the molecule is CC1(C)C(O)C(C)(C)C1O.CO.CO. The Morgan fingerprint density at radius 3 is 0.857 bits per heavy atom. The van der Waals surface area contributed by atoms with E-state index < -0.39 is 0 Å². The van der Waals surface area contributed by atoms with Crippen LogP contribution in [0.25, 0.3) is 0 Å². The van der Waals surface area contributed by atoms with Crippen molar-refractivity contribution in [3.63, 3.8) is 0 Å². The van der Waals surface area contributed by atoms with Crippen LogP contribution in [0.15, 0.2) is 0 Å². The summed E-state index contributed by atoms with van der Waals surface area (Å²) in [5.41, 5.74) is -0.632. The number of aliphatic hydroxyl groups excluding tert-OH is 4. The van der Waals surface area contributed by atoms with Crippen LogP contribution in [0.2, 0.25) is 0 Å². The highest BCUT2D eigenvalue weighted by Crippen LogP contribution is 2.53. The van der Waals surface area contributed by atoms with E-state index in [0.29, 0.717) is 0 Å². The molecule has 1 rings (SSSR count). The van der Waals surface area contributed by atoms with Crippen LogP contribution in [0.3, 0.4) is 0 Å². The summed E-state index contributed by atoms with van der Waals surface area (Å²) in [5.74, 6) is 0. The van der Waals surface area contributed by atoms with Crippen molar-refractivity contribution in [1.29, 1.82) is 0 Å². The second kappa shape index (κ2) is 5.66. The van der Waals surface area contributed by atoms with Crippen LogP contribution < -0.4 is 0 Å². The summed E-state index contributed by atoms with van der Waals surface area (Å²) in [5, 5.41) is 33.0. The van der Waals surface area contributed by atoms with Crippen molar-refractivity contribution in [2.75, 3.05) is 14.2 Å². The highest BCUT2D eigenvalue weighted by molar-refractivity contribution is 5.09. The lowest BCUT2D eigenvalue weighted by Crippen LogP contribution is -2.67. The van der Waals surface area contributed by atoms with Gasteiger partial charge in [-0.2, -0.15) is 0 Å². The molecular weight excluding hydrogens is 184 g/mol. The maximum atomic E-state index is 9.51. The molecule has 0 aliphatic heterocycles. The Morgan fingerprint density at radius 1 is 0.643 bits per heavy atom. The van der Waals surface area contributed by atoms with Gasteiger partial charge in [0.1, 0.15) is 0 Å². The Bertz CT molecular complexity index is 124. The Hall–Kier alpha value is -0.160. The van der Waals surface area contributed by atoms with Crippen LogP contribution in [-0.4, -0.2) is 46.9 Å². The highest BCUT2D eigenvalue weighted by Gasteiger charge is 2.60. The third kappa shape index (κ3) is 2.45. The van der Waals surface area contributed by atoms with E-state index in [1.807, 2.05) is 27.7 Å². The van der Waals surface area contributed by atoms with Crippen LogP contribution in [-0.2, 0) is 0 Å². The summed E-state index contributed by atoms with van der Waals surface area (Å²) in [4.78, 5) is 0. The summed E-state index contributed by atoms with van der Waals surface area (Å²) in [6, 6.07) is 0. The standard InChI is InChI=1S/C8H16O2.2CH4O/c1-7(2)5(9)8(3,4)6(7)10;2*1-2/h5-6,9-10H,1-4H3;2*2H,1H3. The zero-order valence-electron chi connectivity index (χ0n) is 9.94. The molecule has 0 amide bonds. The van der Waals surface area contributed by atoms with Crippen molar-refractivity contribution in [3.05, 3.63) is 0 Å². The van der Waals surface area contributed by atoms with Gasteiger partial charge in [-0.3, -0.25) is 0 Å². The minimum Gasteiger partial charge on any atom is -0.400 e. The van der Waals surface area contributed by atoms with Gasteiger partial charge in [0.15, 0.2) is 0 Å². The van der Waals surface area contributed by atoms with E-state index in [1.165, 1.54) is 0 Å². The van der Waals surface area contributed by atoms with Gasteiger partial charge in [-0.15, -0.1) is 0 Å². The molecular formula is C10H24O4. The molecule has 0 atom stereocenters. The Kier molecular flexibility index (Phi) is 6.58. The van der Waals surface area contributed by atoms with Crippen molar-refractivity contribution >= 4 is 0 Å². The third-order valence-electron chi connectivity index (χ3n) is 2.82. The van der Waals surface area contributed by atoms with E-state index in [1.54, 1.807) is 0 Å². The number of hydrogen-bond donors (Lipinski definition) is 4. The maximum Gasteiger partial charge on any atom is 0.0691 e. The average Bonchev–Trinajstić information content (AvgIpc) is 2.21. The zero-order valence-corrected chi connectivity index (χ0v) is 9.94. The lowest BCUT2D eigenvalue weighted by atomic mass is 9.51. The predicted molar refractivity (Wildman–Crippen MR) is 55.9 cm³/mol. The smallest absolute Gasteiger partial charge is 0.0691 e. The van der Waals surface area contributed by atoms with Crippen molar-refractivity contribution < 1.29 is 20.4 Å². The molecule has 0 aromatic carbocycles. The summed E-state index contributed by atoms with van der Waals surface area (Å²) in [6.45, 7) is 7.53. The molecule has 1 fully saturated rings. The first-order valence-corrected chi connectivity index (χ1v) is 4.57. The zero-order chi connectivity index (χ0) is 12.2. The van der Waals surface area contributed by atoms with E-state index >= 15 is 0 Å². The Labute approximate surface area is 86.2 Å². The predicted octanol–water partition coefficient (Wildman–Crippen LogP) is -0.00880. The summed E-state index contributed by atoms with van der Waals surface area (Å²) >= 11 is 0. The van der Waals surface area contributed by atoms with Crippen LogP contribution in [0, 0.1) is 10.8 Å². The topological polar surface area (TPSA) is 80.9 Å². The second-order valence-electron chi connectivity index (χ2n) is 4.45. The molecule has 4 nitrogen and oxygen atoms in total. The molecule has 0 aromatic rings. The van der Waals surface area contributed by atoms with Gasteiger partial charge in [0.2, 0.25) is 0 Å². The lowest BCUT2D eigenvalue weighted by molar-refractivity contribution is -0.247. The molecule has 0 saturated heterocycles. The molecule has 4 N–H and O–H groups in total. The van der Waals surface area contributed by atoms with E-state index in [9.17, 15) is 10.2 Å². The van der Waals surface area contributed by atoms with Gasteiger partial charge < -0.3 is 20.4 Å². The summed E-state index contributed by atoms with van der Waals surface area (Å²) in [6.07, 6.45) is -0.759. The number of hydrogen-bond acceptors (Lipinski definition) is 4. The van der Waals surface area contributed by atoms with E-state index in [4.69, 9.17) is 10.2 Å². The van der Waals surface area contributed by atoms with Crippen molar-refractivity contribution in [2.24, 2.45) is 10.8 Å². The average molecular weight is 208 g/mol. The molecule has 0 radical (unpaired) electrons. The number of aliphatic hydroxyl groups is 4. The fourth-order valence-corrected chi connectivity index (χ4v) is 2.12. The second-order valence-corrected chi connectivity index (χ2v) is 4.45. The molecule has 1 aliphatic rings. The van der Waals surface area contributed by atoms with Gasteiger partial charge in [0, 0.05) is 25.0 Å². The van der Waals surface area contributed by atoms with Gasteiger partial charge in [-0.05, 0) is 0 Å². The minimum atomic E-state index is -0.380. The normalized spacial score (nSPS) is 31.3. The van der Waals surface area contributed by atoms with Crippen LogP contribution in [0.5, 0.6) is 0 Å². The molecule has 1 aliphatic carbocycles. The van der Waals surface area contributed by atoms with E-state index in [-0.39, 0.29) is 23.0 Å². The van der Waals surface area contributed by atoms with Gasteiger partial charge in [0.05, 0.1) is 12.2 Å². The monoisotopic (exact) mass is 208 g/mol. The van der Waals surface area contributed by atoms with Crippen LogP contribution in [0.4, 0.5) is 0 Å². The molecule has 0 heterocycles. The molecule has 0 spiro atoms. The van der Waals surface area contributed by atoms with Crippen LogP contribution >= 0.6 is 0 Å². The minimum absolute atomic E-state index is 0.316. The van der Waals surface area contributed by atoms with E-state index in [0.717, 1.165) is 14.2 Å². The molecule has 0 bridgehead atoms. The molecule has 4 heteroatoms. The quantitative estimate of drug-likeness (QED) is 0.451. The first-order chi connectivity index (χ1) is 6.31. The molecule has 1 saturated carbocycles.